The average Bonchev–Trinajstić information content (AvgIpc) is 2.36. The Kier molecular flexibility index (Phi) is 6.47. The number of amides is 1. The van der Waals surface area contributed by atoms with Crippen LogP contribution in [0.4, 0.5) is 0 Å². The number of nitrogens with one attached hydrogen (secondary N) is 1. The van der Waals surface area contributed by atoms with Gasteiger partial charge in [0.15, 0.2) is 0 Å². The van der Waals surface area contributed by atoms with Crippen molar-refractivity contribution in [2.75, 3.05) is 25.1 Å². The highest BCUT2D eigenvalue weighted by atomic mass is 79.9. The van der Waals surface area contributed by atoms with E-state index in [1.54, 1.807) is 0 Å². The Morgan fingerprint density at radius 1 is 1.24 bits per heavy atom. The van der Waals surface area contributed by atoms with Gasteiger partial charge >= 0.3 is 0 Å². The number of rotatable bonds is 7. The molecule has 1 aromatic rings. The van der Waals surface area contributed by atoms with Crippen LogP contribution < -0.4 is 14.8 Å². The molecule has 1 N–H and O–H groups in total. The first-order chi connectivity index (χ1) is 8.26. The van der Waals surface area contributed by atoms with Gasteiger partial charge in [0.1, 0.15) is 18.1 Å². The highest BCUT2D eigenvalue weighted by Gasteiger charge is 1.98. The lowest BCUT2D eigenvalue weighted by molar-refractivity contribution is -0.118. The third kappa shape index (κ3) is 5.58. The van der Waals surface area contributed by atoms with Crippen LogP contribution in [0.1, 0.15) is 6.92 Å². The minimum absolute atomic E-state index is 0.0414. The van der Waals surface area contributed by atoms with E-state index in [4.69, 9.17) is 9.47 Å². The molecule has 0 heterocycles. The van der Waals surface area contributed by atoms with Gasteiger partial charge in [-0.2, -0.15) is 0 Å². The van der Waals surface area contributed by atoms with Crippen LogP contribution in [0.2, 0.25) is 0 Å². The molecule has 0 saturated carbocycles. The van der Waals surface area contributed by atoms with Crippen molar-refractivity contribution in [2.45, 2.75) is 6.92 Å². The number of carbonyl (C=O) groups excluding carboxylic acids is 1. The molecule has 4 nitrogen and oxygen atoms in total. The van der Waals surface area contributed by atoms with Gasteiger partial charge in [0.2, 0.25) is 5.91 Å². The van der Waals surface area contributed by atoms with Crippen LogP contribution in [-0.4, -0.2) is 31.0 Å². The number of hydrogen-bond acceptors (Lipinski definition) is 3. The minimum atomic E-state index is -0.0414. The fourth-order valence-electron chi connectivity index (χ4n) is 1.21. The standard InChI is InChI=1S/C12H16BrNO3/c1-2-16-10-3-5-11(6-4-10)17-8-7-14-12(15)9-13/h3-6H,2,7-9H2,1H3,(H,14,15). The van der Waals surface area contributed by atoms with E-state index in [-0.39, 0.29) is 5.91 Å². The van der Waals surface area contributed by atoms with E-state index in [0.29, 0.717) is 25.1 Å². The van der Waals surface area contributed by atoms with E-state index in [2.05, 4.69) is 21.2 Å². The van der Waals surface area contributed by atoms with Crippen molar-refractivity contribution in [2.24, 2.45) is 0 Å². The largest absolute Gasteiger partial charge is 0.494 e. The van der Waals surface area contributed by atoms with Gasteiger partial charge < -0.3 is 14.8 Å². The normalized spacial score (nSPS) is 9.76. The molecule has 5 heteroatoms. The predicted molar refractivity (Wildman–Crippen MR) is 69.9 cm³/mol. The molecule has 1 rings (SSSR count). The summed E-state index contributed by atoms with van der Waals surface area (Å²) in [5.41, 5.74) is 0. The van der Waals surface area contributed by atoms with E-state index in [1.165, 1.54) is 0 Å². The van der Waals surface area contributed by atoms with Crippen molar-refractivity contribution in [1.29, 1.82) is 0 Å². The Bertz CT molecular complexity index is 340. The van der Waals surface area contributed by atoms with E-state index in [1.807, 2.05) is 31.2 Å². The molecule has 0 spiro atoms. The molecular formula is C12H16BrNO3. The number of alkyl halides is 1. The molecule has 0 unspecified atom stereocenters. The molecule has 17 heavy (non-hydrogen) atoms. The van der Waals surface area contributed by atoms with Gasteiger partial charge in [0.25, 0.3) is 0 Å². The zero-order valence-electron chi connectivity index (χ0n) is 9.74. The molecule has 0 aliphatic rings. The Morgan fingerprint density at radius 3 is 2.35 bits per heavy atom. The molecule has 0 radical (unpaired) electrons. The average molecular weight is 302 g/mol. The van der Waals surface area contributed by atoms with E-state index in [9.17, 15) is 4.79 Å². The van der Waals surface area contributed by atoms with Crippen LogP contribution in [0.3, 0.4) is 0 Å². The number of carbonyl (C=O) groups is 1. The summed E-state index contributed by atoms with van der Waals surface area (Å²) in [5.74, 6) is 1.55. The molecule has 1 aromatic carbocycles. The minimum Gasteiger partial charge on any atom is -0.494 e. The van der Waals surface area contributed by atoms with Crippen molar-refractivity contribution in [3.05, 3.63) is 24.3 Å². The van der Waals surface area contributed by atoms with Crippen LogP contribution in [0.15, 0.2) is 24.3 Å². The van der Waals surface area contributed by atoms with Crippen LogP contribution in [0.5, 0.6) is 11.5 Å². The van der Waals surface area contributed by atoms with E-state index < -0.39 is 0 Å². The topological polar surface area (TPSA) is 47.6 Å². The first-order valence-electron chi connectivity index (χ1n) is 5.44. The van der Waals surface area contributed by atoms with Crippen molar-refractivity contribution in [3.8, 4) is 11.5 Å². The van der Waals surface area contributed by atoms with Gasteiger partial charge in [0.05, 0.1) is 18.5 Å². The van der Waals surface area contributed by atoms with Gasteiger partial charge in [-0.15, -0.1) is 0 Å². The second kappa shape index (κ2) is 7.95. The third-order valence-corrected chi connectivity index (χ3v) is 2.46. The lowest BCUT2D eigenvalue weighted by atomic mass is 10.3. The zero-order valence-corrected chi connectivity index (χ0v) is 11.3. The van der Waals surface area contributed by atoms with Crippen LogP contribution >= 0.6 is 15.9 Å². The maximum Gasteiger partial charge on any atom is 0.230 e. The number of benzene rings is 1. The summed E-state index contributed by atoms with van der Waals surface area (Å²) in [7, 11) is 0. The zero-order chi connectivity index (χ0) is 12.5. The van der Waals surface area contributed by atoms with Crippen molar-refractivity contribution >= 4 is 21.8 Å². The molecule has 0 bridgehead atoms. The second-order valence-electron chi connectivity index (χ2n) is 3.24. The Hall–Kier alpha value is -1.23. The van der Waals surface area contributed by atoms with Gasteiger partial charge in [-0.1, -0.05) is 15.9 Å². The monoisotopic (exact) mass is 301 g/mol. The Morgan fingerprint density at radius 2 is 1.82 bits per heavy atom. The molecule has 0 atom stereocenters. The van der Waals surface area contributed by atoms with Crippen LogP contribution in [0, 0.1) is 0 Å². The summed E-state index contributed by atoms with van der Waals surface area (Å²) in [6.45, 7) is 3.54. The SMILES string of the molecule is CCOc1ccc(OCCNC(=O)CBr)cc1. The molecule has 0 aliphatic carbocycles. The summed E-state index contributed by atoms with van der Waals surface area (Å²) in [5, 5.41) is 3.01. The molecule has 0 saturated heterocycles. The summed E-state index contributed by atoms with van der Waals surface area (Å²) < 4.78 is 10.8. The molecular weight excluding hydrogens is 286 g/mol. The van der Waals surface area contributed by atoms with Gasteiger partial charge in [0, 0.05) is 0 Å². The second-order valence-corrected chi connectivity index (χ2v) is 3.80. The molecule has 94 valence electrons. The Labute approximate surface area is 109 Å². The summed E-state index contributed by atoms with van der Waals surface area (Å²) in [4.78, 5) is 10.9. The fourth-order valence-corrected chi connectivity index (χ4v) is 1.40. The van der Waals surface area contributed by atoms with Crippen LogP contribution in [0.25, 0.3) is 0 Å². The van der Waals surface area contributed by atoms with Crippen molar-refractivity contribution in [3.63, 3.8) is 0 Å². The third-order valence-electron chi connectivity index (χ3n) is 1.95. The molecule has 0 aliphatic heterocycles. The highest BCUT2D eigenvalue weighted by molar-refractivity contribution is 9.09. The van der Waals surface area contributed by atoms with Gasteiger partial charge in [-0.25, -0.2) is 0 Å². The first-order valence-corrected chi connectivity index (χ1v) is 6.56. The maximum absolute atomic E-state index is 10.9. The van der Waals surface area contributed by atoms with Crippen molar-refractivity contribution < 1.29 is 14.3 Å². The number of halogens is 1. The highest BCUT2D eigenvalue weighted by Crippen LogP contribution is 2.17. The maximum atomic E-state index is 10.9. The van der Waals surface area contributed by atoms with Crippen molar-refractivity contribution in [1.82, 2.24) is 5.32 Å². The molecule has 0 aromatic heterocycles. The van der Waals surface area contributed by atoms with E-state index in [0.717, 1.165) is 11.5 Å². The summed E-state index contributed by atoms with van der Waals surface area (Å²) in [6.07, 6.45) is 0. The van der Waals surface area contributed by atoms with Gasteiger partial charge in [-0.3, -0.25) is 4.79 Å². The number of ether oxygens (including phenoxy) is 2. The van der Waals surface area contributed by atoms with E-state index >= 15 is 0 Å². The van der Waals surface area contributed by atoms with Crippen LogP contribution in [-0.2, 0) is 4.79 Å². The quantitative estimate of drug-likeness (QED) is 0.619. The summed E-state index contributed by atoms with van der Waals surface area (Å²) >= 11 is 3.07. The van der Waals surface area contributed by atoms with Gasteiger partial charge in [-0.05, 0) is 31.2 Å². The molecule has 0 fully saturated rings. The molecule has 1 amide bonds. The lowest BCUT2D eigenvalue weighted by Crippen LogP contribution is -2.28. The fraction of sp³-hybridized carbons (Fsp3) is 0.417. The lowest BCUT2D eigenvalue weighted by Gasteiger charge is -2.08. The first kappa shape index (κ1) is 13.8. The number of hydrogen-bond donors (Lipinski definition) is 1. The smallest absolute Gasteiger partial charge is 0.230 e. The predicted octanol–water partition coefficient (Wildman–Crippen LogP) is 1.98. The summed E-state index contributed by atoms with van der Waals surface area (Å²) in [6, 6.07) is 7.40. The Balaban J connectivity index is 2.25.